The Bertz CT molecular complexity index is 1160. The van der Waals surface area contributed by atoms with Crippen molar-refractivity contribution in [1.29, 1.82) is 0 Å². The maximum absolute atomic E-state index is 12.8. The number of carbonyl (C=O) groups is 1. The standard InChI is InChI=1S/C21H24N4O5/c1-11-12(5-6-16(26)24-20-22-10-23-25-20)19(27)29-18-13-7-8-21(2,3)30-14(13)9-15(28-4)17(11)18/h9-10H,5-8H2,1-4H3,(H2,22,23,24,25,26). The van der Waals surface area contributed by atoms with Crippen molar-refractivity contribution in [2.24, 2.45) is 0 Å². The third kappa shape index (κ3) is 3.62. The van der Waals surface area contributed by atoms with Gasteiger partial charge in [0, 0.05) is 23.6 Å². The number of amides is 1. The number of rotatable bonds is 5. The van der Waals surface area contributed by atoms with Crippen molar-refractivity contribution in [2.75, 3.05) is 12.4 Å². The molecule has 30 heavy (non-hydrogen) atoms. The van der Waals surface area contributed by atoms with Crippen LogP contribution in [-0.2, 0) is 17.6 Å². The smallest absolute Gasteiger partial charge is 0.339 e. The fourth-order valence-corrected chi connectivity index (χ4v) is 3.83. The molecule has 0 atom stereocenters. The van der Waals surface area contributed by atoms with Crippen LogP contribution in [-0.4, -0.2) is 33.8 Å². The second kappa shape index (κ2) is 7.47. The van der Waals surface area contributed by atoms with Crippen molar-refractivity contribution in [1.82, 2.24) is 15.2 Å². The van der Waals surface area contributed by atoms with E-state index in [1.165, 1.54) is 6.33 Å². The molecule has 0 radical (unpaired) electrons. The molecule has 9 nitrogen and oxygen atoms in total. The van der Waals surface area contributed by atoms with Gasteiger partial charge < -0.3 is 13.9 Å². The minimum atomic E-state index is -0.451. The van der Waals surface area contributed by atoms with Crippen LogP contribution in [0.4, 0.5) is 5.95 Å². The number of benzene rings is 1. The fraction of sp³-hybridized carbons (Fsp3) is 0.429. The van der Waals surface area contributed by atoms with E-state index < -0.39 is 5.63 Å². The first kappa shape index (κ1) is 19.9. The molecule has 0 spiro atoms. The second-order valence-corrected chi connectivity index (χ2v) is 8.00. The molecule has 1 aliphatic rings. The van der Waals surface area contributed by atoms with E-state index in [9.17, 15) is 9.59 Å². The molecule has 0 unspecified atom stereocenters. The Morgan fingerprint density at radius 1 is 1.40 bits per heavy atom. The lowest BCUT2D eigenvalue weighted by atomic mass is 9.91. The zero-order valence-corrected chi connectivity index (χ0v) is 17.4. The summed E-state index contributed by atoms with van der Waals surface area (Å²) in [6, 6.07) is 1.85. The molecule has 0 bridgehead atoms. The lowest BCUT2D eigenvalue weighted by molar-refractivity contribution is -0.116. The lowest BCUT2D eigenvalue weighted by Gasteiger charge is -2.33. The molecule has 0 aliphatic carbocycles. The number of fused-ring (bicyclic) bond motifs is 3. The Hall–Kier alpha value is -3.36. The molecule has 2 N–H and O–H groups in total. The van der Waals surface area contributed by atoms with Gasteiger partial charge in [-0.15, -0.1) is 0 Å². The number of aromatic amines is 1. The van der Waals surface area contributed by atoms with Crippen molar-refractivity contribution in [3.05, 3.63) is 39.5 Å². The van der Waals surface area contributed by atoms with E-state index in [1.54, 1.807) is 7.11 Å². The summed E-state index contributed by atoms with van der Waals surface area (Å²) in [4.78, 5) is 28.8. The molecular weight excluding hydrogens is 388 g/mol. The average Bonchev–Trinajstić information content (AvgIpc) is 3.18. The van der Waals surface area contributed by atoms with Crippen LogP contribution in [0.1, 0.15) is 43.4 Å². The van der Waals surface area contributed by atoms with E-state index in [0.29, 0.717) is 22.6 Å². The zero-order valence-electron chi connectivity index (χ0n) is 17.4. The van der Waals surface area contributed by atoms with E-state index in [1.807, 2.05) is 26.8 Å². The number of aryl methyl sites for hydroxylation is 2. The van der Waals surface area contributed by atoms with Crippen LogP contribution < -0.4 is 20.4 Å². The molecule has 9 heteroatoms. The Kier molecular flexibility index (Phi) is 4.97. The molecule has 4 rings (SSSR count). The van der Waals surface area contributed by atoms with Gasteiger partial charge in [-0.25, -0.2) is 9.89 Å². The number of carbonyl (C=O) groups excluding carboxylic acids is 1. The van der Waals surface area contributed by atoms with Gasteiger partial charge in [0.25, 0.3) is 0 Å². The molecule has 2 aromatic heterocycles. The second-order valence-electron chi connectivity index (χ2n) is 8.00. The highest BCUT2D eigenvalue weighted by atomic mass is 16.5. The summed E-state index contributed by atoms with van der Waals surface area (Å²) in [5.41, 5.74) is 1.83. The van der Waals surface area contributed by atoms with Crippen molar-refractivity contribution < 1.29 is 18.7 Å². The summed E-state index contributed by atoms with van der Waals surface area (Å²) >= 11 is 0. The number of hydrogen-bond acceptors (Lipinski definition) is 7. The van der Waals surface area contributed by atoms with Gasteiger partial charge in [0.05, 0.1) is 12.5 Å². The van der Waals surface area contributed by atoms with Crippen LogP contribution in [0.15, 0.2) is 21.6 Å². The van der Waals surface area contributed by atoms with Crippen molar-refractivity contribution in [3.63, 3.8) is 0 Å². The summed E-state index contributed by atoms with van der Waals surface area (Å²) in [5, 5.41) is 9.58. The number of H-pyrrole nitrogens is 1. The van der Waals surface area contributed by atoms with Crippen LogP contribution >= 0.6 is 0 Å². The van der Waals surface area contributed by atoms with Crippen LogP contribution in [0.2, 0.25) is 0 Å². The van der Waals surface area contributed by atoms with Crippen molar-refractivity contribution in [2.45, 2.75) is 52.1 Å². The molecule has 0 saturated carbocycles. The Morgan fingerprint density at radius 2 is 2.20 bits per heavy atom. The van der Waals surface area contributed by atoms with Crippen LogP contribution in [0.3, 0.4) is 0 Å². The van der Waals surface area contributed by atoms with Gasteiger partial charge in [-0.1, -0.05) is 0 Å². The number of hydrogen-bond donors (Lipinski definition) is 2. The summed E-state index contributed by atoms with van der Waals surface area (Å²) in [6.07, 6.45) is 3.18. The van der Waals surface area contributed by atoms with E-state index in [2.05, 4.69) is 20.5 Å². The number of anilines is 1. The monoisotopic (exact) mass is 412 g/mol. The highest BCUT2D eigenvalue weighted by Crippen LogP contribution is 2.43. The topological polar surface area (TPSA) is 119 Å². The summed E-state index contributed by atoms with van der Waals surface area (Å²) in [6.45, 7) is 5.91. The van der Waals surface area contributed by atoms with Crippen molar-refractivity contribution in [3.8, 4) is 11.5 Å². The number of aromatic nitrogens is 3. The largest absolute Gasteiger partial charge is 0.496 e. The molecule has 0 fully saturated rings. The number of nitrogens with one attached hydrogen (secondary N) is 2. The Morgan fingerprint density at radius 3 is 2.90 bits per heavy atom. The maximum atomic E-state index is 12.8. The van der Waals surface area contributed by atoms with E-state index in [0.717, 1.165) is 29.4 Å². The minimum absolute atomic E-state index is 0.0996. The first-order chi connectivity index (χ1) is 14.3. The molecule has 158 valence electrons. The van der Waals surface area contributed by atoms with E-state index in [4.69, 9.17) is 13.9 Å². The lowest BCUT2D eigenvalue weighted by Crippen LogP contribution is -2.32. The van der Waals surface area contributed by atoms with E-state index in [-0.39, 0.29) is 30.3 Å². The predicted molar refractivity (Wildman–Crippen MR) is 110 cm³/mol. The van der Waals surface area contributed by atoms with E-state index >= 15 is 0 Å². The average molecular weight is 412 g/mol. The summed E-state index contributed by atoms with van der Waals surface area (Å²) in [5.74, 6) is 1.24. The summed E-state index contributed by atoms with van der Waals surface area (Å²) in [7, 11) is 1.57. The molecule has 1 aliphatic heterocycles. The van der Waals surface area contributed by atoms with Crippen LogP contribution in [0.25, 0.3) is 11.0 Å². The zero-order chi connectivity index (χ0) is 21.5. The number of nitrogens with zero attached hydrogens (tertiary/aromatic N) is 2. The SMILES string of the molecule is COc1cc2c(c3oc(=O)c(CCC(=O)Nc4ncn[nH]4)c(C)c13)CCC(C)(C)O2. The van der Waals surface area contributed by atoms with Gasteiger partial charge in [-0.2, -0.15) is 10.1 Å². The Balaban J connectivity index is 1.70. The molecule has 0 saturated heterocycles. The summed E-state index contributed by atoms with van der Waals surface area (Å²) < 4.78 is 17.4. The molecule has 3 heterocycles. The highest BCUT2D eigenvalue weighted by molar-refractivity contribution is 5.92. The third-order valence-corrected chi connectivity index (χ3v) is 5.43. The Labute approximate surface area is 172 Å². The third-order valence-electron chi connectivity index (χ3n) is 5.43. The van der Waals surface area contributed by atoms with Gasteiger partial charge in [0.15, 0.2) is 0 Å². The molecular formula is C21H24N4O5. The number of ether oxygens (including phenoxy) is 2. The van der Waals surface area contributed by atoms with Crippen molar-refractivity contribution >= 4 is 22.8 Å². The first-order valence-corrected chi connectivity index (χ1v) is 9.79. The van der Waals surface area contributed by atoms with Gasteiger partial charge >= 0.3 is 5.63 Å². The van der Waals surface area contributed by atoms with Gasteiger partial charge in [-0.05, 0) is 45.6 Å². The molecule has 1 amide bonds. The van der Waals surface area contributed by atoms with Gasteiger partial charge in [0.1, 0.15) is 29.0 Å². The van der Waals surface area contributed by atoms with Gasteiger partial charge in [0.2, 0.25) is 11.9 Å². The van der Waals surface area contributed by atoms with Crippen LogP contribution in [0.5, 0.6) is 11.5 Å². The van der Waals surface area contributed by atoms with Crippen LogP contribution in [0, 0.1) is 6.92 Å². The maximum Gasteiger partial charge on any atom is 0.339 e. The highest BCUT2D eigenvalue weighted by Gasteiger charge is 2.31. The minimum Gasteiger partial charge on any atom is -0.496 e. The number of methoxy groups -OCH3 is 1. The normalized spacial score (nSPS) is 14.8. The fourth-order valence-electron chi connectivity index (χ4n) is 3.83. The first-order valence-electron chi connectivity index (χ1n) is 9.79. The van der Waals surface area contributed by atoms with Gasteiger partial charge in [-0.3, -0.25) is 10.1 Å². The molecule has 1 aromatic carbocycles. The quantitative estimate of drug-likeness (QED) is 0.618. The molecule has 3 aromatic rings. The predicted octanol–water partition coefficient (Wildman–Crippen LogP) is 2.90.